The zero-order valence-corrected chi connectivity index (χ0v) is 30.6. The van der Waals surface area contributed by atoms with Gasteiger partial charge in [0.1, 0.15) is 12.7 Å². The van der Waals surface area contributed by atoms with Gasteiger partial charge in [-0.25, -0.2) is 4.79 Å². The molecule has 8 nitrogen and oxygen atoms in total. The number of methoxy groups -OCH3 is 1. The third kappa shape index (κ3) is 10.2. The van der Waals surface area contributed by atoms with Crippen LogP contribution in [0.1, 0.15) is 118 Å². The molecule has 4 aliphatic rings. The molecule has 0 aliphatic heterocycles. The molecular formula is C39H67NO7. The van der Waals surface area contributed by atoms with E-state index in [9.17, 15) is 9.59 Å². The first kappa shape index (κ1) is 38.2. The van der Waals surface area contributed by atoms with E-state index in [1.807, 2.05) is 0 Å². The fraction of sp³-hybridized carbons (Fsp3) is 0.897. The van der Waals surface area contributed by atoms with E-state index in [1.165, 1.54) is 51.4 Å². The van der Waals surface area contributed by atoms with Crippen molar-refractivity contribution in [3.63, 3.8) is 0 Å². The number of fused-ring (bicyclic) bond motifs is 5. The minimum atomic E-state index is -0.349. The van der Waals surface area contributed by atoms with Crippen molar-refractivity contribution in [3.8, 4) is 0 Å². The number of rotatable bonds is 19. The van der Waals surface area contributed by atoms with Gasteiger partial charge in [0.25, 0.3) is 0 Å². The van der Waals surface area contributed by atoms with E-state index in [2.05, 4.69) is 46.0 Å². The van der Waals surface area contributed by atoms with Gasteiger partial charge in [-0.3, -0.25) is 4.79 Å². The molecule has 4 aliphatic carbocycles. The second kappa shape index (κ2) is 18.4. The number of esters is 1. The normalized spacial score (nSPS) is 32.1. The van der Waals surface area contributed by atoms with Crippen LogP contribution in [-0.4, -0.2) is 71.5 Å². The molecule has 0 aromatic heterocycles. The molecule has 0 aromatic rings. The van der Waals surface area contributed by atoms with Gasteiger partial charge in [-0.2, -0.15) is 0 Å². The predicted octanol–water partition coefficient (Wildman–Crippen LogP) is 8.13. The molecule has 8 atom stereocenters. The van der Waals surface area contributed by atoms with E-state index < -0.39 is 0 Å². The highest BCUT2D eigenvalue weighted by Crippen LogP contribution is 2.67. The maximum Gasteiger partial charge on any atom is 0.407 e. The quantitative estimate of drug-likeness (QED) is 0.0849. The zero-order chi connectivity index (χ0) is 33.9. The van der Waals surface area contributed by atoms with Crippen molar-refractivity contribution >= 4 is 12.1 Å². The number of hydrogen-bond acceptors (Lipinski definition) is 7. The number of allylic oxidation sites excluding steroid dienone is 1. The minimum absolute atomic E-state index is 0.0474. The van der Waals surface area contributed by atoms with E-state index in [1.54, 1.807) is 12.7 Å². The van der Waals surface area contributed by atoms with Crippen LogP contribution in [-0.2, 0) is 28.5 Å². The number of carbonyl (C=O) groups excluding carboxylic acids is 2. The molecule has 0 aromatic carbocycles. The lowest BCUT2D eigenvalue weighted by Gasteiger charge is -2.58. The standard InChI is InChI=1S/C39H67NO7/c1-28(2)9-7-10-29(3)33-14-15-34-32-13-12-30-27-31(16-18-38(30,4)35(32)17-19-39(33,34)5)47-37(42)40-20-22-45-25-24-44-21-8-11-36(41)46-26-23-43-6/h12,28-29,31-35H,7-11,13-27H2,1-6H3,(H,40,42)/t29?,31-,32?,33?,34?,35?,38-,39+/m0/s1. The smallest absolute Gasteiger partial charge is 0.407 e. The lowest BCUT2D eigenvalue weighted by Crippen LogP contribution is -2.51. The van der Waals surface area contributed by atoms with Crippen molar-refractivity contribution in [2.45, 2.75) is 124 Å². The van der Waals surface area contributed by atoms with Crippen molar-refractivity contribution < 1.29 is 33.3 Å². The molecule has 270 valence electrons. The van der Waals surface area contributed by atoms with Crippen molar-refractivity contribution in [2.75, 3.05) is 53.3 Å². The average Bonchev–Trinajstić information content (AvgIpc) is 3.39. The topological polar surface area (TPSA) is 92.3 Å². The number of hydrogen-bond donors (Lipinski definition) is 1. The van der Waals surface area contributed by atoms with E-state index in [-0.39, 0.29) is 30.2 Å². The van der Waals surface area contributed by atoms with Gasteiger partial charge in [0.05, 0.1) is 26.4 Å². The molecule has 4 rings (SSSR count). The Morgan fingerprint density at radius 2 is 1.68 bits per heavy atom. The number of amides is 1. The molecule has 3 saturated carbocycles. The van der Waals surface area contributed by atoms with Crippen molar-refractivity contribution in [3.05, 3.63) is 11.6 Å². The lowest BCUT2D eigenvalue weighted by molar-refractivity contribution is -0.145. The largest absolute Gasteiger partial charge is 0.463 e. The van der Waals surface area contributed by atoms with Crippen LogP contribution in [0.5, 0.6) is 0 Å². The van der Waals surface area contributed by atoms with Crippen LogP contribution < -0.4 is 5.32 Å². The zero-order valence-electron chi connectivity index (χ0n) is 30.6. The first-order valence-electron chi connectivity index (χ1n) is 19.0. The van der Waals surface area contributed by atoms with Gasteiger partial charge in [-0.1, -0.05) is 65.5 Å². The molecule has 8 heteroatoms. The Labute approximate surface area is 285 Å². The summed E-state index contributed by atoms with van der Waals surface area (Å²) in [5.41, 5.74) is 2.32. The van der Waals surface area contributed by atoms with E-state index in [4.69, 9.17) is 23.7 Å². The summed E-state index contributed by atoms with van der Waals surface area (Å²) in [7, 11) is 1.57. The molecule has 5 unspecified atom stereocenters. The maximum atomic E-state index is 12.6. The third-order valence-electron chi connectivity index (χ3n) is 12.6. The molecule has 1 amide bonds. The summed E-state index contributed by atoms with van der Waals surface area (Å²) in [4.78, 5) is 24.1. The second-order valence-corrected chi connectivity index (χ2v) is 16.0. The maximum absolute atomic E-state index is 12.6. The Kier molecular flexibility index (Phi) is 14.9. The Morgan fingerprint density at radius 1 is 0.894 bits per heavy atom. The molecule has 47 heavy (non-hydrogen) atoms. The van der Waals surface area contributed by atoms with Crippen LogP contribution >= 0.6 is 0 Å². The highest BCUT2D eigenvalue weighted by molar-refractivity contribution is 5.69. The first-order valence-corrected chi connectivity index (χ1v) is 19.0. The number of nitrogens with one attached hydrogen (secondary N) is 1. The van der Waals surface area contributed by atoms with E-state index in [0.717, 1.165) is 54.8 Å². The summed E-state index contributed by atoms with van der Waals surface area (Å²) in [5, 5.41) is 2.86. The van der Waals surface area contributed by atoms with Gasteiger partial charge in [-0.05, 0) is 97.7 Å². The van der Waals surface area contributed by atoms with Crippen LogP contribution in [0.15, 0.2) is 11.6 Å². The minimum Gasteiger partial charge on any atom is -0.463 e. The summed E-state index contributed by atoms with van der Waals surface area (Å²) in [5.74, 6) is 4.76. The molecule has 0 heterocycles. The second-order valence-electron chi connectivity index (χ2n) is 16.0. The van der Waals surface area contributed by atoms with E-state index in [0.29, 0.717) is 57.8 Å². The molecule has 0 radical (unpaired) electrons. The fourth-order valence-electron chi connectivity index (χ4n) is 10.1. The van der Waals surface area contributed by atoms with E-state index >= 15 is 0 Å². The van der Waals surface area contributed by atoms with Crippen LogP contribution in [0.4, 0.5) is 4.79 Å². The number of carbonyl (C=O) groups is 2. The van der Waals surface area contributed by atoms with Crippen molar-refractivity contribution in [1.29, 1.82) is 0 Å². The third-order valence-corrected chi connectivity index (χ3v) is 12.6. The molecule has 0 spiro atoms. The molecule has 1 N–H and O–H groups in total. The van der Waals surface area contributed by atoms with Crippen molar-refractivity contribution in [1.82, 2.24) is 5.32 Å². The molecule has 3 fully saturated rings. The monoisotopic (exact) mass is 661 g/mol. The fourth-order valence-corrected chi connectivity index (χ4v) is 10.1. The number of ether oxygens (including phenoxy) is 5. The highest BCUT2D eigenvalue weighted by Gasteiger charge is 2.59. The Hall–Kier alpha value is -1.64. The summed E-state index contributed by atoms with van der Waals surface area (Å²) in [6.07, 6.45) is 17.0. The Bertz CT molecular complexity index is 1020. The van der Waals surface area contributed by atoms with Crippen molar-refractivity contribution in [2.24, 2.45) is 46.3 Å². The first-order chi connectivity index (χ1) is 22.6. The predicted molar refractivity (Wildman–Crippen MR) is 185 cm³/mol. The van der Waals surface area contributed by atoms with Gasteiger partial charge in [-0.15, -0.1) is 0 Å². The van der Waals surface area contributed by atoms with Gasteiger partial charge >= 0.3 is 12.1 Å². The summed E-state index contributed by atoms with van der Waals surface area (Å²) >= 11 is 0. The molecule has 0 bridgehead atoms. The molecule has 0 saturated heterocycles. The Balaban J connectivity index is 1.12. The van der Waals surface area contributed by atoms with Crippen LogP contribution in [0, 0.1) is 46.3 Å². The lowest BCUT2D eigenvalue weighted by atomic mass is 9.47. The summed E-state index contributed by atoms with van der Waals surface area (Å²) in [6, 6.07) is 0. The van der Waals surface area contributed by atoms with Gasteiger partial charge in [0.2, 0.25) is 0 Å². The van der Waals surface area contributed by atoms with Gasteiger partial charge < -0.3 is 29.0 Å². The SMILES string of the molecule is COCCOC(=O)CCCOCCOCCNC(=O)O[C@H]1CC[C@@]2(C)C(=CCC3C4CCC(C(C)CCCC(C)C)[C@@]4(C)CCC32)C1. The van der Waals surface area contributed by atoms with Crippen LogP contribution in [0.2, 0.25) is 0 Å². The Morgan fingerprint density at radius 3 is 2.45 bits per heavy atom. The average molecular weight is 662 g/mol. The number of alkyl carbamates (subject to hydrolysis) is 1. The summed E-state index contributed by atoms with van der Waals surface area (Å²) in [6.45, 7) is 15.3. The van der Waals surface area contributed by atoms with Gasteiger partial charge in [0, 0.05) is 33.1 Å². The van der Waals surface area contributed by atoms with Crippen LogP contribution in [0.25, 0.3) is 0 Å². The van der Waals surface area contributed by atoms with Gasteiger partial charge in [0.15, 0.2) is 0 Å². The summed E-state index contributed by atoms with van der Waals surface area (Å²) < 4.78 is 26.8. The molecular weight excluding hydrogens is 594 g/mol. The highest BCUT2D eigenvalue weighted by atomic mass is 16.6. The van der Waals surface area contributed by atoms with Crippen LogP contribution in [0.3, 0.4) is 0 Å².